The topological polar surface area (TPSA) is 98.0 Å². The maximum atomic E-state index is 12.7. The molecule has 9 heteroatoms. The molecule has 38 heavy (non-hydrogen) atoms. The first kappa shape index (κ1) is 26.5. The summed E-state index contributed by atoms with van der Waals surface area (Å²) in [6.07, 6.45) is 2.37. The summed E-state index contributed by atoms with van der Waals surface area (Å²) < 4.78 is 2.06. The van der Waals surface area contributed by atoms with E-state index in [0.717, 1.165) is 37.3 Å². The van der Waals surface area contributed by atoms with E-state index >= 15 is 0 Å². The summed E-state index contributed by atoms with van der Waals surface area (Å²) in [7, 11) is 1.33. The molecule has 0 aliphatic heterocycles. The Bertz CT molecular complexity index is 1610. The number of amides is 1. The molecule has 0 fully saturated rings. The highest BCUT2D eigenvalue weighted by molar-refractivity contribution is 6.32. The molecule has 4 rings (SSSR count). The van der Waals surface area contributed by atoms with Gasteiger partial charge in [0.15, 0.2) is 0 Å². The van der Waals surface area contributed by atoms with Gasteiger partial charge in [-0.2, -0.15) is 0 Å². The first-order chi connectivity index (χ1) is 18.3. The molecule has 2 N–H and O–H groups in total. The summed E-state index contributed by atoms with van der Waals surface area (Å²) in [5, 5.41) is 5.61. The minimum Gasteiger partial charge on any atom is -0.340 e. The zero-order chi connectivity index (χ0) is 27.1. The molecule has 0 saturated heterocycles. The van der Waals surface area contributed by atoms with E-state index in [2.05, 4.69) is 27.5 Å². The van der Waals surface area contributed by atoms with Gasteiger partial charge in [-0.25, -0.2) is 9.78 Å². The zero-order valence-corrected chi connectivity index (χ0v) is 21.7. The summed E-state index contributed by atoms with van der Waals surface area (Å²) in [5.74, 6) is 6.26. The van der Waals surface area contributed by atoms with Crippen LogP contribution in [0.25, 0.3) is 0 Å². The maximum Gasteiger partial charge on any atom is 0.332 e. The van der Waals surface area contributed by atoms with Crippen molar-refractivity contribution in [1.82, 2.24) is 14.1 Å². The van der Waals surface area contributed by atoms with E-state index in [4.69, 9.17) is 11.6 Å². The van der Waals surface area contributed by atoms with Gasteiger partial charge in [-0.05, 0) is 55.3 Å². The van der Waals surface area contributed by atoms with Crippen LogP contribution in [-0.4, -0.2) is 20.0 Å². The Kier molecular flexibility index (Phi) is 8.41. The van der Waals surface area contributed by atoms with E-state index in [1.165, 1.54) is 7.05 Å². The third-order valence-electron chi connectivity index (χ3n) is 5.80. The van der Waals surface area contributed by atoms with Crippen LogP contribution in [0.15, 0.2) is 82.5 Å². The number of aromatic nitrogens is 3. The summed E-state index contributed by atoms with van der Waals surface area (Å²) in [4.78, 5) is 42.2. The third-order valence-corrected chi connectivity index (χ3v) is 6.19. The fraction of sp³-hybridized carbons (Fsp3) is 0.172. The monoisotopic (exact) mass is 527 g/mol. The van der Waals surface area contributed by atoms with Crippen LogP contribution < -0.4 is 21.9 Å². The average Bonchev–Trinajstić information content (AvgIpc) is 2.93. The van der Waals surface area contributed by atoms with Gasteiger partial charge in [-0.15, -0.1) is 0 Å². The quantitative estimate of drug-likeness (QED) is 0.276. The highest BCUT2D eigenvalue weighted by Gasteiger charge is 2.17. The second kappa shape index (κ2) is 12.1. The maximum absolute atomic E-state index is 12.7. The van der Waals surface area contributed by atoms with Gasteiger partial charge >= 0.3 is 5.69 Å². The number of nitrogens with zero attached hydrogens (tertiary/aromatic N) is 3. The van der Waals surface area contributed by atoms with Crippen LogP contribution in [0.5, 0.6) is 0 Å². The summed E-state index contributed by atoms with van der Waals surface area (Å²) in [6.45, 7) is 1.93. The summed E-state index contributed by atoms with van der Waals surface area (Å²) >= 11 is 6.40. The molecule has 0 aliphatic rings. The van der Waals surface area contributed by atoms with Gasteiger partial charge in [0.2, 0.25) is 5.91 Å². The summed E-state index contributed by atoms with van der Waals surface area (Å²) in [6, 6.07) is 20.9. The number of anilines is 3. The number of hydrogen-bond acceptors (Lipinski definition) is 5. The average molecular weight is 528 g/mol. The van der Waals surface area contributed by atoms with Gasteiger partial charge in [-0.1, -0.05) is 59.3 Å². The number of halogens is 1. The molecule has 1 amide bonds. The van der Waals surface area contributed by atoms with Crippen molar-refractivity contribution in [2.45, 2.75) is 26.3 Å². The largest absolute Gasteiger partial charge is 0.340 e. The third kappa shape index (κ3) is 6.58. The van der Waals surface area contributed by atoms with Crippen LogP contribution in [0.3, 0.4) is 0 Å². The Balaban J connectivity index is 1.45. The Morgan fingerprint density at radius 1 is 1.03 bits per heavy atom. The van der Waals surface area contributed by atoms with Crippen molar-refractivity contribution in [3.8, 4) is 11.8 Å². The number of rotatable bonds is 7. The number of hydrogen-bond donors (Lipinski definition) is 2. The standard InChI is InChI=1S/C29H26ClN5O3/c1-20-8-10-22(11-9-20)14-17-25(36)33-26-27(30)35(29(38)34(2)28(26)37)19-5-6-21-12-15-23(16-13-21)32-24-7-3-4-18-31-24/h3-4,7-13,15-16,18H,14,17,19H2,1-2H3,(H,31,32)(H,33,36). The van der Waals surface area contributed by atoms with Gasteiger partial charge in [0, 0.05) is 30.9 Å². The van der Waals surface area contributed by atoms with Crippen LogP contribution in [-0.2, 0) is 24.8 Å². The first-order valence-corrected chi connectivity index (χ1v) is 12.3. The molecule has 0 saturated carbocycles. The van der Waals surface area contributed by atoms with Gasteiger partial charge in [-0.3, -0.25) is 18.7 Å². The van der Waals surface area contributed by atoms with E-state index in [1.54, 1.807) is 6.20 Å². The van der Waals surface area contributed by atoms with Crippen LogP contribution >= 0.6 is 11.6 Å². The van der Waals surface area contributed by atoms with Crippen molar-refractivity contribution in [3.63, 3.8) is 0 Å². The van der Waals surface area contributed by atoms with E-state index in [0.29, 0.717) is 6.42 Å². The van der Waals surface area contributed by atoms with Crippen LogP contribution in [0.2, 0.25) is 5.15 Å². The van der Waals surface area contributed by atoms with Crippen molar-refractivity contribution in [3.05, 3.63) is 116 Å². The fourth-order valence-electron chi connectivity index (χ4n) is 3.64. The second-order valence-corrected chi connectivity index (χ2v) is 9.01. The Hall–Kier alpha value is -4.61. The normalized spacial score (nSPS) is 10.4. The molecule has 192 valence electrons. The van der Waals surface area contributed by atoms with Crippen LogP contribution in [0.1, 0.15) is 23.1 Å². The van der Waals surface area contributed by atoms with Crippen molar-refractivity contribution in [2.75, 3.05) is 10.6 Å². The van der Waals surface area contributed by atoms with E-state index in [9.17, 15) is 14.4 Å². The molecule has 0 bridgehead atoms. The lowest BCUT2D eigenvalue weighted by Crippen LogP contribution is -2.40. The number of carbonyl (C=O) groups excluding carboxylic acids is 1. The molecule has 2 aromatic carbocycles. The Morgan fingerprint density at radius 2 is 1.76 bits per heavy atom. The molecular weight excluding hydrogens is 502 g/mol. The molecule has 0 radical (unpaired) electrons. The minimum absolute atomic E-state index is 0.0635. The molecule has 0 aliphatic carbocycles. The summed E-state index contributed by atoms with van der Waals surface area (Å²) in [5.41, 5.74) is 2.28. The predicted octanol–water partition coefficient (Wildman–Crippen LogP) is 4.27. The Labute approximate surface area is 224 Å². The number of benzene rings is 2. The van der Waals surface area contributed by atoms with Gasteiger partial charge in [0.25, 0.3) is 5.56 Å². The molecule has 0 atom stereocenters. The zero-order valence-electron chi connectivity index (χ0n) is 21.0. The number of aryl methyl sites for hydroxylation is 2. The number of carbonyl (C=O) groups is 1. The van der Waals surface area contributed by atoms with E-state index in [-0.39, 0.29) is 29.7 Å². The van der Waals surface area contributed by atoms with Crippen molar-refractivity contribution >= 4 is 34.7 Å². The van der Waals surface area contributed by atoms with E-state index in [1.807, 2.05) is 73.7 Å². The van der Waals surface area contributed by atoms with Gasteiger partial charge in [0.1, 0.15) is 16.7 Å². The van der Waals surface area contributed by atoms with Gasteiger partial charge in [0.05, 0.1) is 6.54 Å². The predicted molar refractivity (Wildman–Crippen MR) is 150 cm³/mol. The molecule has 0 spiro atoms. The molecule has 8 nitrogen and oxygen atoms in total. The number of pyridine rings is 1. The van der Waals surface area contributed by atoms with Crippen molar-refractivity contribution < 1.29 is 4.79 Å². The van der Waals surface area contributed by atoms with Crippen molar-refractivity contribution in [2.24, 2.45) is 7.05 Å². The lowest BCUT2D eigenvalue weighted by molar-refractivity contribution is -0.116. The van der Waals surface area contributed by atoms with Crippen LogP contribution in [0.4, 0.5) is 17.2 Å². The molecule has 2 aromatic heterocycles. The second-order valence-electron chi connectivity index (χ2n) is 8.65. The Morgan fingerprint density at radius 3 is 2.45 bits per heavy atom. The lowest BCUT2D eigenvalue weighted by atomic mass is 10.1. The molecule has 0 unspecified atom stereocenters. The SMILES string of the molecule is Cc1ccc(CCC(=O)Nc2c(Cl)n(CC#Cc3ccc(Nc4ccccn4)cc3)c(=O)n(C)c2=O)cc1. The minimum atomic E-state index is -0.677. The lowest BCUT2D eigenvalue weighted by Gasteiger charge is -2.13. The number of nitrogens with one attached hydrogen (secondary N) is 2. The highest BCUT2D eigenvalue weighted by Crippen LogP contribution is 2.17. The molecule has 4 aromatic rings. The smallest absolute Gasteiger partial charge is 0.332 e. The molecular formula is C29H26ClN5O3. The molecule has 2 heterocycles. The van der Waals surface area contributed by atoms with Crippen molar-refractivity contribution in [1.29, 1.82) is 0 Å². The van der Waals surface area contributed by atoms with Crippen LogP contribution in [0, 0.1) is 18.8 Å². The highest BCUT2D eigenvalue weighted by atomic mass is 35.5. The van der Waals surface area contributed by atoms with Gasteiger partial charge < -0.3 is 10.6 Å². The first-order valence-electron chi connectivity index (χ1n) is 11.9. The fourth-order valence-corrected chi connectivity index (χ4v) is 3.90. The van der Waals surface area contributed by atoms with E-state index < -0.39 is 11.2 Å².